The Bertz CT molecular complexity index is 456. The lowest BCUT2D eigenvalue weighted by Crippen LogP contribution is -2.21. The summed E-state index contributed by atoms with van der Waals surface area (Å²) < 4.78 is 9.87. The number of carbonyl (C=O) groups excluding carboxylic acids is 2. The molecule has 1 aromatic carbocycles. The van der Waals surface area contributed by atoms with Crippen LogP contribution in [0.15, 0.2) is 30.3 Å². The molecule has 0 saturated heterocycles. The minimum absolute atomic E-state index is 0.190. The molecule has 0 saturated carbocycles. The maximum absolute atomic E-state index is 11.5. The number of carbonyl (C=O) groups is 2. The van der Waals surface area contributed by atoms with E-state index in [4.69, 9.17) is 9.47 Å². The van der Waals surface area contributed by atoms with Crippen LogP contribution in [0.1, 0.15) is 63.9 Å². The van der Waals surface area contributed by atoms with Crippen molar-refractivity contribution in [3.8, 4) is 0 Å². The SMILES string of the molecule is CCCCCCCCCCOC(=O)C(=O)OCCc1ccccc1. The number of esters is 2. The Kier molecular flexibility index (Phi) is 11.4. The van der Waals surface area contributed by atoms with Crippen molar-refractivity contribution < 1.29 is 19.1 Å². The monoisotopic (exact) mass is 334 g/mol. The molecule has 0 aliphatic rings. The zero-order chi connectivity index (χ0) is 17.5. The predicted octanol–water partition coefficient (Wildman–Crippen LogP) is 4.46. The molecule has 4 nitrogen and oxygen atoms in total. The fourth-order valence-corrected chi connectivity index (χ4v) is 2.42. The molecule has 0 aliphatic carbocycles. The molecule has 0 aromatic heterocycles. The number of hydrogen-bond donors (Lipinski definition) is 0. The predicted molar refractivity (Wildman–Crippen MR) is 94.7 cm³/mol. The molecule has 24 heavy (non-hydrogen) atoms. The van der Waals surface area contributed by atoms with E-state index in [-0.39, 0.29) is 6.61 Å². The van der Waals surface area contributed by atoms with Crippen LogP contribution in [0.3, 0.4) is 0 Å². The first-order valence-corrected chi connectivity index (χ1v) is 9.12. The van der Waals surface area contributed by atoms with Gasteiger partial charge in [-0.15, -0.1) is 0 Å². The van der Waals surface area contributed by atoms with Crippen LogP contribution in [0, 0.1) is 0 Å². The van der Waals surface area contributed by atoms with Crippen LogP contribution in [0.4, 0.5) is 0 Å². The van der Waals surface area contributed by atoms with Gasteiger partial charge in [-0.05, 0) is 12.0 Å². The minimum atomic E-state index is -0.898. The topological polar surface area (TPSA) is 52.6 Å². The Hall–Kier alpha value is -1.84. The number of unbranched alkanes of at least 4 members (excludes halogenated alkanes) is 7. The smallest absolute Gasteiger partial charge is 0.417 e. The maximum Gasteiger partial charge on any atom is 0.417 e. The lowest BCUT2D eigenvalue weighted by Gasteiger charge is -2.06. The van der Waals surface area contributed by atoms with Crippen LogP contribution < -0.4 is 0 Å². The molecule has 0 aliphatic heterocycles. The minimum Gasteiger partial charge on any atom is -0.457 e. The number of benzene rings is 1. The summed E-state index contributed by atoms with van der Waals surface area (Å²) in [5, 5.41) is 0. The molecular formula is C20H30O4. The van der Waals surface area contributed by atoms with Gasteiger partial charge in [0.05, 0.1) is 13.2 Å². The van der Waals surface area contributed by atoms with Crippen molar-refractivity contribution in [2.24, 2.45) is 0 Å². The Morgan fingerprint density at radius 3 is 1.92 bits per heavy atom. The first kappa shape index (κ1) is 20.2. The van der Waals surface area contributed by atoms with E-state index in [0.29, 0.717) is 13.0 Å². The summed E-state index contributed by atoms with van der Waals surface area (Å²) in [4.78, 5) is 23.0. The van der Waals surface area contributed by atoms with Crippen molar-refractivity contribution in [2.45, 2.75) is 64.7 Å². The van der Waals surface area contributed by atoms with Crippen molar-refractivity contribution in [1.82, 2.24) is 0 Å². The lowest BCUT2D eigenvalue weighted by atomic mass is 10.1. The summed E-state index contributed by atoms with van der Waals surface area (Å²) in [5.74, 6) is -1.78. The van der Waals surface area contributed by atoms with Gasteiger partial charge >= 0.3 is 11.9 Å². The highest BCUT2D eigenvalue weighted by Gasteiger charge is 2.16. The van der Waals surface area contributed by atoms with Crippen molar-refractivity contribution in [3.05, 3.63) is 35.9 Å². The van der Waals surface area contributed by atoms with Crippen LogP contribution in [0.5, 0.6) is 0 Å². The maximum atomic E-state index is 11.5. The fourth-order valence-electron chi connectivity index (χ4n) is 2.42. The van der Waals surface area contributed by atoms with E-state index < -0.39 is 11.9 Å². The van der Waals surface area contributed by atoms with Gasteiger partial charge in [0.2, 0.25) is 0 Å². The summed E-state index contributed by atoms with van der Waals surface area (Å²) in [6.45, 7) is 2.69. The molecule has 0 spiro atoms. The third-order valence-electron chi connectivity index (χ3n) is 3.86. The van der Waals surface area contributed by atoms with Gasteiger partial charge in [-0.1, -0.05) is 82.2 Å². The summed E-state index contributed by atoms with van der Waals surface area (Å²) in [7, 11) is 0. The van der Waals surface area contributed by atoms with E-state index in [1.54, 1.807) is 0 Å². The van der Waals surface area contributed by atoms with Crippen LogP contribution in [-0.2, 0) is 25.5 Å². The van der Waals surface area contributed by atoms with Crippen LogP contribution in [0.2, 0.25) is 0 Å². The van der Waals surface area contributed by atoms with Crippen molar-refractivity contribution in [2.75, 3.05) is 13.2 Å². The van der Waals surface area contributed by atoms with Gasteiger partial charge in [0, 0.05) is 6.42 Å². The van der Waals surface area contributed by atoms with Crippen molar-refractivity contribution in [1.29, 1.82) is 0 Å². The second-order valence-corrected chi connectivity index (χ2v) is 5.98. The van der Waals surface area contributed by atoms with Gasteiger partial charge in [0.1, 0.15) is 0 Å². The Morgan fingerprint density at radius 1 is 0.750 bits per heavy atom. The largest absolute Gasteiger partial charge is 0.457 e. The second-order valence-electron chi connectivity index (χ2n) is 5.98. The average Bonchev–Trinajstić information content (AvgIpc) is 2.61. The molecule has 0 bridgehead atoms. The molecular weight excluding hydrogens is 304 g/mol. The molecule has 0 N–H and O–H groups in total. The van der Waals surface area contributed by atoms with E-state index in [1.807, 2.05) is 30.3 Å². The first-order chi connectivity index (χ1) is 11.7. The van der Waals surface area contributed by atoms with E-state index in [0.717, 1.165) is 24.8 Å². The Morgan fingerprint density at radius 2 is 1.29 bits per heavy atom. The highest BCUT2D eigenvalue weighted by atomic mass is 16.6. The fraction of sp³-hybridized carbons (Fsp3) is 0.600. The van der Waals surface area contributed by atoms with Gasteiger partial charge in [-0.2, -0.15) is 0 Å². The lowest BCUT2D eigenvalue weighted by molar-refractivity contribution is -0.167. The normalized spacial score (nSPS) is 10.4. The van der Waals surface area contributed by atoms with Crippen molar-refractivity contribution in [3.63, 3.8) is 0 Å². The summed E-state index contributed by atoms with van der Waals surface area (Å²) in [5.41, 5.74) is 1.07. The van der Waals surface area contributed by atoms with Gasteiger partial charge < -0.3 is 9.47 Å². The average molecular weight is 334 g/mol. The number of rotatable bonds is 12. The number of ether oxygens (including phenoxy) is 2. The Balaban J connectivity index is 1.97. The number of hydrogen-bond acceptors (Lipinski definition) is 4. The van der Waals surface area contributed by atoms with Crippen molar-refractivity contribution >= 4 is 11.9 Å². The van der Waals surface area contributed by atoms with E-state index in [2.05, 4.69) is 6.92 Å². The molecule has 134 valence electrons. The summed E-state index contributed by atoms with van der Waals surface area (Å²) in [6.07, 6.45) is 9.97. The second kappa shape index (κ2) is 13.6. The quantitative estimate of drug-likeness (QED) is 0.322. The standard InChI is InChI=1S/C20H30O4/c1-2-3-4-5-6-7-8-12-16-23-19(21)20(22)24-17-15-18-13-10-9-11-14-18/h9-11,13-14H,2-8,12,15-17H2,1H3. The molecule has 0 heterocycles. The highest BCUT2D eigenvalue weighted by molar-refractivity contribution is 6.29. The van der Waals surface area contributed by atoms with E-state index >= 15 is 0 Å². The van der Waals surface area contributed by atoms with Gasteiger partial charge in [-0.25, -0.2) is 9.59 Å². The Labute approximate surface area is 145 Å². The van der Waals surface area contributed by atoms with E-state index in [9.17, 15) is 9.59 Å². The van der Waals surface area contributed by atoms with Gasteiger partial charge in [-0.3, -0.25) is 0 Å². The molecule has 4 heteroatoms. The molecule has 0 fully saturated rings. The molecule has 1 aromatic rings. The summed E-state index contributed by atoms with van der Waals surface area (Å²) in [6, 6.07) is 9.69. The molecule has 0 unspecified atom stereocenters. The third kappa shape index (κ3) is 10.0. The zero-order valence-electron chi connectivity index (χ0n) is 14.8. The highest BCUT2D eigenvalue weighted by Crippen LogP contribution is 2.08. The molecule has 1 rings (SSSR count). The summed E-state index contributed by atoms with van der Waals surface area (Å²) >= 11 is 0. The molecule has 0 atom stereocenters. The van der Waals surface area contributed by atoms with Crippen LogP contribution >= 0.6 is 0 Å². The molecule has 0 amide bonds. The van der Waals surface area contributed by atoms with Gasteiger partial charge in [0.25, 0.3) is 0 Å². The van der Waals surface area contributed by atoms with E-state index in [1.165, 1.54) is 32.1 Å². The van der Waals surface area contributed by atoms with Crippen LogP contribution in [-0.4, -0.2) is 25.2 Å². The third-order valence-corrected chi connectivity index (χ3v) is 3.86. The molecule has 0 radical (unpaired) electrons. The van der Waals surface area contributed by atoms with Crippen LogP contribution in [0.25, 0.3) is 0 Å². The first-order valence-electron chi connectivity index (χ1n) is 9.12. The van der Waals surface area contributed by atoms with Gasteiger partial charge in [0.15, 0.2) is 0 Å². The zero-order valence-corrected chi connectivity index (χ0v) is 14.8.